The minimum Gasteiger partial charge on any atom is -0.381 e. The van der Waals surface area contributed by atoms with Gasteiger partial charge in [0.25, 0.3) is 0 Å². The minimum absolute atomic E-state index is 0.164. The molecule has 0 saturated carbocycles. The van der Waals surface area contributed by atoms with Crippen molar-refractivity contribution < 1.29 is 21.6 Å². The number of hydrogen-bond donors (Lipinski definition) is 2. The Morgan fingerprint density at radius 3 is 2.18 bits per heavy atom. The van der Waals surface area contributed by atoms with Gasteiger partial charge in [-0.25, -0.2) is 13.6 Å². The molecule has 0 amide bonds. The molecular formula is C19H24F3N3O2S. The summed E-state index contributed by atoms with van der Waals surface area (Å²) in [6.07, 6.45) is -4.83. The molecule has 5 nitrogen and oxygen atoms in total. The summed E-state index contributed by atoms with van der Waals surface area (Å²) in [6, 6.07) is 10.6. The zero-order valence-corrected chi connectivity index (χ0v) is 16.6. The van der Waals surface area contributed by atoms with E-state index in [0.717, 1.165) is 42.9 Å². The van der Waals surface area contributed by atoms with Crippen LogP contribution in [0.4, 0.5) is 18.9 Å². The lowest BCUT2D eigenvalue weighted by Gasteiger charge is -2.20. The number of primary sulfonamides is 1. The summed E-state index contributed by atoms with van der Waals surface area (Å²) in [7, 11) is -4.48. The lowest BCUT2D eigenvalue weighted by molar-refractivity contribution is -0.139. The predicted molar refractivity (Wildman–Crippen MR) is 103 cm³/mol. The molecule has 0 bridgehead atoms. The van der Waals surface area contributed by atoms with Gasteiger partial charge in [0, 0.05) is 18.8 Å². The predicted octanol–water partition coefficient (Wildman–Crippen LogP) is 3.81. The molecule has 0 heterocycles. The van der Waals surface area contributed by atoms with Gasteiger partial charge in [-0.1, -0.05) is 38.1 Å². The average molecular weight is 415 g/mol. The van der Waals surface area contributed by atoms with Gasteiger partial charge in [-0.2, -0.15) is 13.2 Å². The molecule has 0 spiro atoms. The summed E-state index contributed by atoms with van der Waals surface area (Å²) >= 11 is 0. The number of hydrogen-bond acceptors (Lipinski definition) is 4. The van der Waals surface area contributed by atoms with Crippen LogP contribution >= 0.6 is 0 Å². The van der Waals surface area contributed by atoms with E-state index >= 15 is 0 Å². The Balaban J connectivity index is 2.27. The van der Waals surface area contributed by atoms with Gasteiger partial charge in [-0.3, -0.25) is 4.90 Å². The highest BCUT2D eigenvalue weighted by Gasteiger charge is 2.36. The Hall–Kier alpha value is -2.10. The maximum Gasteiger partial charge on any atom is 0.417 e. The van der Waals surface area contributed by atoms with Crippen LogP contribution in [0.25, 0.3) is 0 Å². The molecule has 0 saturated heterocycles. The van der Waals surface area contributed by atoms with E-state index in [4.69, 9.17) is 5.14 Å². The van der Waals surface area contributed by atoms with E-state index in [0.29, 0.717) is 6.54 Å². The lowest BCUT2D eigenvalue weighted by Crippen LogP contribution is -2.23. The largest absolute Gasteiger partial charge is 0.417 e. The average Bonchev–Trinajstić information content (AvgIpc) is 2.63. The fourth-order valence-electron chi connectivity index (χ4n) is 2.88. The first-order valence-electron chi connectivity index (χ1n) is 8.83. The first-order valence-corrected chi connectivity index (χ1v) is 10.4. The summed E-state index contributed by atoms with van der Waals surface area (Å²) in [6.45, 7) is 6.96. The monoisotopic (exact) mass is 415 g/mol. The van der Waals surface area contributed by atoms with Gasteiger partial charge < -0.3 is 5.32 Å². The van der Waals surface area contributed by atoms with Gasteiger partial charge in [0.05, 0.1) is 10.5 Å². The quantitative estimate of drug-likeness (QED) is 0.688. The first-order chi connectivity index (χ1) is 13.1. The third kappa shape index (κ3) is 5.70. The van der Waals surface area contributed by atoms with E-state index in [9.17, 15) is 21.6 Å². The highest BCUT2D eigenvalue weighted by molar-refractivity contribution is 7.89. The first kappa shape index (κ1) is 22.2. The van der Waals surface area contributed by atoms with Crippen molar-refractivity contribution in [3.63, 3.8) is 0 Å². The molecule has 2 aromatic rings. The van der Waals surface area contributed by atoms with E-state index in [1.54, 1.807) is 0 Å². The number of anilines is 1. The van der Waals surface area contributed by atoms with E-state index in [-0.39, 0.29) is 5.69 Å². The molecule has 0 aliphatic carbocycles. The summed E-state index contributed by atoms with van der Waals surface area (Å²) in [5, 5.41) is 7.86. The zero-order chi connectivity index (χ0) is 20.9. The van der Waals surface area contributed by atoms with Crippen LogP contribution in [0.2, 0.25) is 0 Å². The van der Waals surface area contributed by atoms with Gasteiger partial charge in [0.2, 0.25) is 10.0 Å². The Labute approximate surface area is 163 Å². The van der Waals surface area contributed by atoms with Crippen LogP contribution < -0.4 is 10.5 Å². The fourth-order valence-corrected chi connectivity index (χ4v) is 3.62. The van der Waals surface area contributed by atoms with Crippen molar-refractivity contribution in [1.82, 2.24) is 4.90 Å². The summed E-state index contributed by atoms with van der Waals surface area (Å²) < 4.78 is 62.7. The van der Waals surface area contributed by atoms with Crippen LogP contribution in [-0.4, -0.2) is 26.4 Å². The normalized spacial score (nSPS) is 12.4. The Bertz CT molecular complexity index is 911. The van der Waals surface area contributed by atoms with E-state index in [2.05, 4.69) is 24.1 Å². The number of sulfonamides is 1. The van der Waals surface area contributed by atoms with Gasteiger partial charge in [-0.15, -0.1) is 0 Å². The Morgan fingerprint density at radius 2 is 1.64 bits per heavy atom. The number of nitrogens with one attached hydrogen (secondary N) is 1. The highest BCUT2D eigenvalue weighted by atomic mass is 32.2. The second-order valence-electron chi connectivity index (χ2n) is 6.34. The van der Waals surface area contributed by atoms with Crippen LogP contribution in [-0.2, 0) is 29.3 Å². The molecule has 0 aliphatic rings. The minimum atomic E-state index is -4.83. The molecule has 0 radical (unpaired) electrons. The topological polar surface area (TPSA) is 75.4 Å². The van der Waals surface area contributed by atoms with Gasteiger partial charge in [-0.05, 0) is 42.4 Å². The van der Waals surface area contributed by atoms with E-state index < -0.39 is 26.7 Å². The van der Waals surface area contributed by atoms with E-state index in [1.165, 1.54) is 6.07 Å². The second-order valence-corrected chi connectivity index (χ2v) is 7.87. The molecule has 2 rings (SSSR count). The van der Waals surface area contributed by atoms with Crippen molar-refractivity contribution in [2.45, 2.75) is 38.0 Å². The lowest BCUT2D eigenvalue weighted by atomic mass is 10.1. The standard InChI is InChI=1S/C19H24F3N3O2S/c1-3-25(4-2)13-15-8-6-5-7-14(15)12-24-16-9-10-18(28(23,26)27)17(11-16)19(20,21)22/h5-11,24H,3-4,12-13H2,1-2H3,(H2,23,26,27). The number of benzene rings is 2. The van der Waals surface area contributed by atoms with Gasteiger partial charge in [0.15, 0.2) is 0 Å². The smallest absolute Gasteiger partial charge is 0.381 e. The molecule has 28 heavy (non-hydrogen) atoms. The number of nitrogens with two attached hydrogens (primary N) is 1. The molecule has 3 N–H and O–H groups in total. The molecule has 154 valence electrons. The van der Waals surface area contributed by atoms with Crippen molar-refractivity contribution in [3.05, 3.63) is 59.2 Å². The van der Waals surface area contributed by atoms with Crippen LogP contribution in [0.1, 0.15) is 30.5 Å². The third-order valence-corrected chi connectivity index (χ3v) is 5.45. The summed E-state index contributed by atoms with van der Waals surface area (Å²) in [5.74, 6) is 0. The van der Waals surface area contributed by atoms with Crippen LogP contribution in [0.3, 0.4) is 0 Å². The number of rotatable bonds is 8. The molecule has 0 atom stereocenters. The van der Waals surface area contributed by atoms with E-state index in [1.807, 2.05) is 24.3 Å². The number of halogens is 3. The summed E-state index contributed by atoms with van der Waals surface area (Å²) in [5.41, 5.74) is 0.920. The SMILES string of the molecule is CCN(CC)Cc1ccccc1CNc1ccc(S(N)(=O)=O)c(C(F)(F)F)c1. The van der Waals surface area contributed by atoms with Gasteiger partial charge >= 0.3 is 6.18 Å². The number of alkyl halides is 3. The van der Waals surface area contributed by atoms with Crippen LogP contribution in [0, 0.1) is 0 Å². The Morgan fingerprint density at radius 1 is 1.04 bits per heavy atom. The van der Waals surface area contributed by atoms with Crippen molar-refractivity contribution in [2.24, 2.45) is 5.14 Å². The Kier molecular flexibility index (Phi) is 7.08. The second kappa shape index (κ2) is 8.93. The third-order valence-electron chi connectivity index (χ3n) is 4.48. The molecular weight excluding hydrogens is 391 g/mol. The van der Waals surface area contributed by atoms with Crippen LogP contribution in [0.15, 0.2) is 47.4 Å². The number of nitrogens with zero attached hydrogens (tertiary/aromatic N) is 1. The maximum atomic E-state index is 13.3. The van der Waals surface area contributed by atoms with Gasteiger partial charge in [0.1, 0.15) is 0 Å². The molecule has 0 aromatic heterocycles. The molecule has 0 fully saturated rings. The van der Waals surface area contributed by atoms with Crippen molar-refractivity contribution in [2.75, 3.05) is 18.4 Å². The molecule has 0 unspecified atom stereocenters. The highest BCUT2D eigenvalue weighted by Crippen LogP contribution is 2.35. The summed E-state index contributed by atoms with van der Waals surface area (Å²) in [4.78, 5) is 1.30. The fraction of sp³-hybridized carbons (Fsp3) is 0.368. The van der Waals surface area contributed by atoms with Crippen molar-refractivity contribution in [1.29, 1.82) is 0 Å². The maximum absolute atomic E-state index is 13.3. The van der Waals surface area contributed by atoms with Crippen molar-refractivity contribution >= 4 is 15.7 Å². The molecule has 2 aromatic carbocycles. The zero-order valence-electron chi connectivity index (χ0n) is 15.8. The van der Waals surface area contributed by atoms with Crippen molar-refractivity contribution in [3.8, 4) is 0 Å². The molecule has 9 heteroatoms. The van der Waals surface area contributed by atoms with Crippen LogP contribution in [0.5, 0.6) is 0 Å². The molecule has 0 aliphatic heterocycles.